The lowest BCUT2D eigenvalue weighted by atomic mass is 10.1. The minimum Gasteiger partial charge on any atom is -0.343 e. The number of aromatic nitrogens is 2. The number of piperazine rings is 1. The van der Waals surface area contributed by atoms with Gasteiger partial charge < -0.3 is 9.80 Å². The highest BCUT2D eigenvalue weighted by atomic mass is 32.1. The van der Waals surface area contributed by atoms with Crippen LogP contribution in [0.2, 0.25) is 0 Å². The molecule has 1 aliphatic rings. The highest BCUT2D eigenvalue weighted by Gasteiger charge is 2.28. The fraction of sp³-hybridized carbons (Fsp3) is 0.591. The number of anilines is 1. The van der Waals surface area contributed by atoms with Crippen molar-refractivity contribution in [2.75, 3.05) is 24.5 Å². The molecule has 6 heteroatoms. The van der Waals surface area contributed by atoms with Crippen molar-refractivity contribution in [2.45, 2.75) is 65.3 Å². The molecule has 1 atom stereocenters. The first-order chi connectivity index (χ1) is 13.6. The van der Waals surface area contributed by atoms with Gasteiger partial charge in [0.05, 0.1) is 0 Å². The highest BCUT2D eigenvalue weighted by Crippen LogP contribution is 2.23. The first-order valence-corrected chi connectivity index (χ1v) is 11.3. The Morgan fingerprint density at radius 2 is 1.96 bits per heavy atom. The van der Waals surface area contributed by atoms with Gasteiger partial charge in [0.2, 0.25) is 11.0 Å². The molecule has 1 aliphatic heterocycles. The molecule has 1 aromatic heterocycles. The van der Waals surface area contributed by atoms with E-state index in [2.05, 4.69) is 59.2 Å². The summed E-state index contributed by atoms with van der Waals surface area (Å²) in [6, 6.07) is 8.76. The van der Waals surface area contributed by atoms with Crippen LogP contribution in [0.1, 0.15) is 62.9 Å². The fourth-order valence-corrected chi connectivity index (χ4v) is 4.40. The van der Waals surface area contributed by atoms with Gasteiger partial charge in [-0.25, -0.2) is 4.98 Å². The van der Waals surface area contributed by atoms with Gasteiger partial charge in [0, 0.05) is 50.1 Å². The zero-order valence-corrected chi connectivity index (χ0v) is 18.2. The minimum atomic E-state index is 0.219. The summed E-state index contributed by atoms with van der Waals surface area (Å²) in [7, 11) is 0. The average molecular weight is 401 g/mol. The molecule has 1 amide bonds. The first-order valence-electron chi connectivity index (χ1n) is 10.5. The van der Waals surface area contributed by atoms with E-state index in [1.54, 1.807) is 0 Å². The van der Waals surface area contributed by atoms with E-state index >= 15 is 0 Å². The van der Waals surface area contributed by atoms with E-state index in [1.165, 1.54) is 35.5 Å². The van der Waals surface area contributed by atoms with E-state index in [0.29, 0.717) is 12.3 Å². The molecule has 1 fully saturated rings. The number of hydrogen-bond donors (Lipinski definition) is 0. The van der Waals surface area contributed by atoms with E-state index < -0.39 is 0 Å². The molecule has 28 heavy (non-hydrogen) atoms. The lowest BCUT2D eigenvalue weighted by molar-refractivity contribution is -0.133. The smallest absolute Gasteiger partial charge is 0.222 e. The van der Waals surface area contributed by atoms with Crippen molar-refractivity contribution in [2.24, 2.45) is 0 Å². The maximum absolute atomic E-state index is 12.5. The van der Waals surface area contributed by atoms with Gasteiger partial charge >= 0.3 is 0 Å². The Balaban J connectivity index is 1.52. The molecule has 0 N–H and O–H groups in total. The number of unbranched alkanes of at least 4 members (excludes halogenated alkanes) is 3. The third-order valence-electron chi connectivity index (χ3n) is 5.40. The number of rotatable bonds is 8. The van der Waals surface area contributed by atoms with Gasteiger partial charge in [-0.1, -0.05) is 56.0 Å². The van der Waals surface area contributed by atoms with Gasteiger partial charge in [-0.2, -0.15) is 4.37 Å². The molecule has 0 radical (unpaired) electrons. The van der Waals surface area contributed by atoms with Crippen LogP contribution >= 0.6 is 11.5 Å². The van der Waals surface area contributed by atoms with Crippen molar-refractivity contribution in [1.82, 2.24) is 14.3 Å². The summed E-state index contributed by atoms with van der Waals surface area (Å²) in [6.45, 7) is 8.89. The van der Waals surface area contributed by atoms with Crippen LogP contribution in [0.25, 0.3) is 0 Å². The molecule has 1 aromatic carbocycles. The number of carbonyl (C=O) groups excluding carboxylic acids is 1. The van der Waals surface area contributed by atoms with E-state index in [4.69, 9.17) is 4.98 Å². The Morgan fingerprint density at radius 1 is 1.18 bits per heavy atom. The molecule has 0 unspecified atom stereocenters. The molecule has 152 valence electrons. The minimum absolute atomic E-state index is 0.219. The maximum Gasteiger partial charge on any atom is 0.222 e. The van der Waals surface area contributed by atoms with Gasteiger partial charge in [0.15, 0.2) is 0 Å². The Labute approximate surface area is 172 Å². The highest BCUT2D eigenvalue weighted by molar-refractivity contribution is 7.09. The second kappa shape index (κ2) is 10.0. The van der Waals surface area contributed by atoms with Crippen LogP contribution < -0.4 is 4.90 Å². The van der Waals surface area contributed by atoms with Crippen LogP contribution in [0.4, 0.5) is 5.13 Å². The van der Waals surface area contributed by atoms with Crippen molar-refractivity contribution in [3.63, 3.8) is 0 Å². The molecule has 1 saturated heterocycles. The van der Waals surface area contributed by atoms with Crippen molar-refractivity contribution in [1.29, 1.82) is 0 Å². The third kappa shape index (κ3) is 5.53. The number of aryl methyl sites for hydroxylation is 1. The van der Waals surface area contributed by atoms with Crippen molar-refractivity contribution in [3.8, 4) is 0 Å². The lowest BCUT2D eigenvalue weighted by Gasteiger charge is -2.39. The quantitative estimate of drug-likeness (QED) is 0.615. The summed E-state index contributed by atoms with van der Waals surface area (Å²) in [5.41, 5.74) is 2.50. The zero-order valence-electron chi connectivity index (χ0n) is 17.4. The van der Waals surface area contributed by atoms with Crippen LogP contribution in [-0.2, 0) is 11.2 Å². The van der Waals surface area contributed by atoms with Crippen LogP contribution in [0.3, 0.4) is 0 Å². The molecule has 5 nitrogen and oxygen atoms in total. The summed E-state index contributed by atoms with van der Waals surface area (Å²) in [4.78, 5) is 21.6. The van der Waals surface area contributed by atoms with E-state index in [1.807, 2.05) is 0 Å². The van der Waals surface area contributed by atoms with Gasteiger partial charge in [0.1, 0.15) is 5.82 Å². The van der Waals surface area contributed by atoms with Gasteiger partial charge in [-0.05, 0) is 25.8 Å². The Bertz CT molecular complexity index is 758. The van der Waals surface area contributed by atoms with E-state index in [9.17, 15) is 4.79 Å². The van der Waals surface area contributed by atoms with Gasteiger partial charge in [-0.15, -0.1) is 0 Å². The lowest BCUT2D eigenvalue weighted by Crippen LogP contribution is -2.54. The van der Waals surface area contributed by atoms with Crippen molar-refractivity contribution in [3.05, 3.63) is 41.2 Å². The van der Waals surface area contributed by atoms with Crippen LogP contribution in [0.15, 0.2) is 24.3 Å². The first kappa shape index (κ1) is 20.8. The van der Waals surface area contributed by atoms with Crippen LogP contribution in [0, 0.1) is 6.92 Å². The standard InChI is InChI=1S/C22H32N4OS/c1-4-5-6-7-8-21(27)26-14-13-25(16-18(26)3)22-23-20(24-28-22)15-19-11-9-17(2)10-12-19/h9-12,18H,4-8,13-16H2,1-3H3/t18-/m0/s1. The summed E-state index contributed by atoms with van der Waals surface area (Å²) >= 11 is 1.47. The fourth-order valence-electron chi connectivity index (χ4n) is 3.68. The molecule has 0 saturated carbocycles. The summed E-state index contributed by atoms with van der Waals surface area (Å²) in [5.74, 6) is 1.19. The number of nitrogens with zero attached hydrogens (tertiary/aromatic N) is 4. The van der Waals surface area contributed by atoms with E-state index in [0.717, 1.165) is 49.9 Å². The molecular weight excluding hydrogens is 368 g/mol. The SMILES string of the molecule is CCCCCCC(=O)N1CCN(c2nc(Cc3ccc(C)cc3)ns2)C[C@@H]1C. The molecule has 3 rings (SSSR count). The molecular formula is C22H32N4OS. The number of benzene rings is 1. The normalized spacial score (nSPS) is 17.2. The predicted molar refractivity (Wildman–Crippen MR) is 116 cm³/mol. The van der Waals surface area contributed by atoms with Crippen molar-refractivity contribution < 1.29 is 4.79 Å². The number of amides is 1. The summed E-state index contributed by atoms with van der Waals surface area (Å²) in [5, 5.41) is 0.976. The summed E-state index contributed by atoms with van der Waals surface area (Å²) < 4.78 is 4.55. The summed E-state index contributed by atoms with van der Waals surface area (Å²) in [6.07, 6.45) is 6.05. The van der Waals surface area contributed by atoms with Gasteiger partial charge in [-0.3, -0.25) is 4.79 Å². The van der Waals surface area contributed by atoms with Crippen LogP contribution in [-0.4, -0.2) is 45.8 Å². The van der Waals surface area contributed by atoms with E-state index in [-0.39, 0.29) is 6.04 Å². The molecule has 2 aromatic rings. The third-order valence-corrected chi connectivity index (χ3v) is 6.22. The topological polar surface area (TPSA) is 49.3 Å². The van der Waals surface area contributed by atoms with Gasteiger partial charge in [0.25, 0.3) is 0 Å². The monoisotopic (exact) mass is 400 g/mol. The molecule has 0 spiro atoms. The second-order valence-electron chi connectivity index (χ2n) is 7.85. The second-order valence-corrected chi connectivity index (χ2v) is 8.58. The molecule has 0 bridgehead atoms. The Morgan fingerprint density at radius 3 is 2.68 bits per heavy atom. The molecule has 0 aliphatic carbocycles. The van der Waals surface area contributed by atoms with Crippen molar-refractivity contribution >= 4 is 22.6 Å². The Kier molecular flexibility index (Phi) is 7.43. The zero-order chi connectivity index (χ0) is 19.9. The number of hydrogen-bond acceptors (Lipinski definition) is 5. The van der Waals surface area contributed by atoms with Crippen LogP contribution in [0.5, 0.6) is 0 Å². The maximum atomic E-state index is 12.5. The predicted octanol–water partition coefficient (Wildman–Crippen LogP) is 4.44. The Hall–Kier alpha value is -1.95. The molecule has 2 heterocycles. The largest absolute Gasteiger partial charge is 0.343 e. The number of carbonyl (C=O) groups is 1. The average Bonchev–Trinajstić information content (AvgIpc) is 3.15.